The van der Waals surface area contributed by atoms with Gasteiger partial charge in [-0.1, -0.05) is 48.0 Å². The second kappa shape index (κ2) is 5.78. The number of para-hydroxylation sites is 1. The molecular weight excluding hydrogens is 284 g/mol. The molecule has 2 aromatic carbocycles. The van der Waals surface area contributed by atoms with Gasteiger partial charge in [0.25, 0.3) is 0 Å². The summed E-state index contributed by atoms with van der Waals surface area (Å²) in [6.45, 7) is 1.18. The van der Waals surface area contributed by atoms with Crippen molar-refractivity contribution in [1.29, 1.82) is 0 Å². The summed E-state index contributed by atoms with van der Waals surface area (Å²) in [5.74, 6) is 0.000979. The van der Waals surface area contributed by atoms with Gasteiger partial charge in [-0.15, -0.1) is 0 Å². The van der Waals surface area contributed by atoms with E-state index >= 15 is 0 Å². The van der Waals surface area contributed by atoms with Crippen molar-refractivity contribution in [2.75, 3.05) is 18.9 Å². The van der Waals surface area contributed by atoms with Gasteiger partial charge in [0.2, 0.25) is 5.91 Å². The first kappa shape index (κ1) is 14.0. The van der Waals surface area contributed by atoms with E-state index in [0.717, 1.165) is 16.8 Å². The number of anilines is 1. The minimum Gasteiger partial charge on any atom is -0.384 e. The zero-order valence-corrected chi connectivity index (χ0v) is 12.6. The van der Waals surface area contributed by atoms with Gasteiger partial charge in [-0.2, -0.15) is 0 Å². The van der Waals surface area contributed by atoms with Crippen LogP contribution in [0.3, 0.4) is 0 Å². The maximum absolute atomic E-state index is 12.7. The third-order valence-corrected chi connectivity index (χ3v) is 4.24. The van der Waals surface area contributed by atoms with Gasteiger partial charge in [0.1, 0.15) is 0 Å². The minimum absolute atomic E-state index is 0.117. The standard InChI is InChI=1S/C17H17ClN2O/c1-20(11-12-6-2-4-8-15(12)18)17(21)14-10-19-16-9-5-3-7-13(14)16/h2-9,14,19H,10-11H2,1H3. The first-order valence-electron chi connectivity index (χ1n) is 6.98. The molecule has 1 aliphatic heterocycles. The lowest BCUT2D eigenvalue weighted by atomic mass is 10.00. The molecule has 0 fully saturated rings. The Morgan fingerprint density at radius 1 is 1.24 bits per heavy atom. The SMILES string of the molecule is CN(Cc1ccccc1Cl)C(=O)C1CNc2ccccc21. The van der Waals surface area contributed by atoms with E-state index in [1.54, 1.807) is 4.90 Å². The Labute approximate surface area is 129 Å². The highest BCUT2D eigenvalue weighted by molar-refractivity contribution is 6.31. The number of fused-ring (bicyclic) bond motifs is 1. The van der Waals surface area contributed by atoms with Crippen molar-refractivity contribution < 1.29 is 4.79 Å². The van der Waals surface area contributed by atoms with E-state index in [2.05, 4.69) is 5.32 Å². The number of hydrogen-bond donors (Lipinski definition) is 1. The van der Waals surface area contributed by atoms with Gasteiger partial charge < -0.3 is 10.2 Å². The molecule has 0 saturated heterocycles. The summed E-state index contributed by atoms with van der Waals surface area (Å²) in [6.07, 6.45) is 0. The highest BCUT2D eigenvalue weighted by Crippen LogP contribution is 2.32. The number of rotatable bonds is 3. The Hall–Kier alpha value is -2.00. The van der Waals surface area contributed by atoms with Crippen LogP contribution in [0, 0.1) is 0 Å². The Bertz CT molecular complexity index is 671. The van der Waals surface area contributed by atoms with E-state index in [9.17, 15) is 4.79 Å². The van der Waals surface area contributed by atoms with E-state index in [4.69, 9.17) is 11.6 Å². The number of hydrogen-bond acceptors (Lipinski definition) is 2. The van der Waals surface area contributed by atoms with Crippen LogP contribution in [0.2, 0.25) is 5.02 Å². The van der Waals surface area contributed by atoms with E-state index < -0.39 is 0 Å². The molecule has 1 heterocycles. The molecule has 3 rings (SSSR count). The van der Waals surface area contributed by atoms with Crippen molar-refractivity contribution in [2.24, 2.45) is 0 Å². The molecule has 2 aromatic rings. The molecule has 1 N–H and O–H groups in total. The Balaban J connectivity index is 1.76. The van der Waals surface area contributed by atoms with E-state index in [1.807, 2.05) is 55.6 Å². The lowest BCUT2D eigenvalue weighted by Gasteiger charge is -2.21. The van der Waals surface area contributed by atoms with Crippen molar-refractivity contribution in [2.45, 2.75) is 12.5 Å². The Morgan fingerprint density at radius 3 is 2.76 bits per heavy atom. The second-order valence-electron chi connectivity index (χ2n) is 5.31. The van der Waals surface area contributed by atoms with E-state index in [1.165, 1.54) is 0 Å². The van der Waals surface area contributed by atoms with Crippen molar-refractivity contribution in [3.8, 4) is 0 Å². The van der Waals surface area contributed by atoms with Crippen LogP contribution in [-0.2, 0) is 11.3 Å². The van der Waals surface area contributed by atoms with Crippen LogP contribution in [0.15, 0.2) is 48.5 Å². The molecule has 0 spiro atoms. The second-order valence-corrected chi connectivity index (χ2v) is 5.71. The third-order valence-electron chi connectivity index (χ3n) is 3.87. The van der Waals surface area contributed by atoms with E-state index in [0.29, 0.717) is 18.1 Å². The predicted octanol–water partition coefficient (Wildman–Crippen LogP) is 3.51. The number of benzene rings is 2. The molecule has 1 unspecified atom stereocenters. The van der Waals surface area contributed by atoms with Crippen LogP contribution in [0.5, 0.6) is 0 Å². The average Bonchev–Trinajstić information content (AvgIpc) is 2.92. The summed E-state index contributed by atoms with van der Waals surface area (Å²) in [5, 5.41) is 3.98. The minimum atomic E-state index is -0.117. The topological polar surface area (TPSA) is 32.3 Å². The lowest BCUT2D eigenvalue weighted by molar-refractivity contribution is -0.131. The maximum Gasteiger partial charge on any atom is 0.232 e. The summed E-state index contributed by atoms with van der Waals surface area (Å²) >= 11 is 6.16. The number of carbonyl (C=O) groups excluding carboxylic acids is 1. The van der Waals surface area contributed by atoms with Crippen LogP contribution in [0.4, 0.5) is 5.69 Å². The van der Waals surface area contributed by atoms with E-state index in [-0.39, 0.29) is 11.8 Å². The zero-order valence-electron chi connectivity index (χ0n) is 11.8. The van der Waals surface area contributed by atoms with Crippen LogP contribution >= 0.6 is 11.6 Å². The fourth-order valence-electron chi connectivity index (χ4n) is 2.73. The molecular formula is C17H17ClN2O. The normalized spacial score (nSPS) is 16.2. The summed E-state index contributed by atoms with van der Waals surface area (Å²) in [6, 6.07) is 15.6. The van der Waals surface area contributed by atoms with Gasteiger partial charge in [0, 0.05) is 30.8 Å². The first-order chi connectivity index (χ1) is 10.2. The molecule has 1 aliphatic rings. The molecule has 4 heteroatoms. The number of halogens is 1. The molecule has 21 heavy (non-hydrogen) atoms. The molecule has 0 bridgehead atoms. The fraction of sp³-hybridized carbons (Fsp3) is 0.235. The van der Waals surface area contributed by atoms with Gasteiger partial charge in [-0.25, -0.2) is 0 Å². The highest BCUT2D eigenvalue weighted by Gasteiger charge is 2.30. The Kier molecular flexibility index (Phi) is 3.84. The molecule has 0 aliphatic carbocycles. The molecule has 1 atom stereocenters. The molecule has 0 saturated carbocycles. The summed E-state index contributed by atoms with van der Waals surface area (Å²) in [5.41, 5.74) is 3.10. The van der Waals surface area contributed by atoms with Crippen LogP contribution in [-0.4, -0.2) is 24.4 Å². The van der Waals surface area contributed by atoms with Gasteiger partial charge in [-0.3, -0.25) is 4.79 Å². The number of nitrogens with zero attached hydrogens (tertiary/aromatic N) is 1. The lowest BCUT2D eigenvalue weighted by Crippen LogP contribution is -2.32. The van der Waals surface area contributed by atoms with Crippen molar-refractivity contribution in [3.05, 3.63) is 64.7 Å². The quantitative estimate of drug-likeness (QED) is 0.941. The predicted molar refractivity (Wildman–Crippen MR) is 85.6 cm³/mol. The molecule has 3 nitrogen and oxygen atoms in total. The summed E-state index contributed by atoms with van der Waals surface area (Å²) in [7, 11) is 1.83. The van der Waals surface area contributed by atoms with Gasteiger partial charge in [0.05, 0.1) is 5.92 Å². The average molecular weight is 301 g/mol. The third kappa shape index (κ3) is 2.74. The Morgan fingerprint density at radius 2 is 1.95 bits per heavy atom. The van der Waals surface area contributed by atoms with Gasteiger partial charge in [-0.05, 0) is 23.3 Å². The number of carbonyl (C=O) groups is 1. The highest BCUT2D eigenvalue weighted by atomic mass is 35.5. The summed E-state index contributed by atoms with van der Waals surface area (Å²) < 4.78 is 0. The molecule has 1 amide bonds. The van der Waals surface area contributed by atoms with Crippen LogP contribution in [0.1, 0.15) is 17.0 Å². The fourth-order valence-corrected chi connectivity index (χ4v) is 2.93. The molecule has 108 valence electrons. The number of likely N-dealkylation sites (N-methyl/N-ethyl adjacent to an activating group) is 1. The van der Waals surface area contributed by atoms with Gasteiger partial charge >= 0.3 is 0 Å². The summed E-state index contributed by atoms with van der Waals surface area (Å²) in [4.78, 5) is 14.4. The van der Waals surface area contributed by atoms with Crippen LogP contribution in [0.25, 0.3) is 0 Å². The number of nitrogens with one attached hydrogen (secondary N) is 1. The maximum atomic E-state index is 12.7. The monoisotopic (exact) mass is 300 g/mol. The largest absolute Gasteiger partial charge is 0.384 e. The number of amides is 1. The zero-order chi connectivity index (χ0) is 14.8. The van der Waals surface area contributed by atoms with Crippen molar-refractivity contribution in [1.82, 2.24) is 4.90 Å². The van der Waals surface area contributed by atoms with Gasteiger partial charge in [0.15, 0.2) is 0 Å². The van der Waals surface area contributed by atoms with Crippen molar-refractivity contribution in [3.63, 3.8) is 0 Å². The van der Waals surface area contributed by atoms with Crippen molar-refractivity contribution >= 4 is 23.2 Å². The van der Waals surface area contributed by atoms with Crippen LogP contribution < -0.4 is 5.32 Å². The first-order valence-corrected chi connectivity index (χ1v) is 7.36. The molecule has 0 radical (unpaired) electrons. The smallest absolute Gasteiger partial charge is 0.232 e. The molecule has 0 aromatic heterocycles.